The minimum atomic E-state index is 0.636. The lowest BCUT2D eigenvalue weighted by atomic mass is 10.2. The largest absolute Gasteiger partial charge is 0.359 e. The molecule has 0 spiro atoms. The Labute approximate surface area is 117 Å². The van der Waals surface area contributed by atoms with E-state index in [0.717, 1.165) is 25.9 Å². The van der Waals surface area contributed by atoms with Crippen LogP contribution in [0.4, 0.5) is 5.13 Å². The molecule has 5 heteroatoms. The van der Waals surface area contributed by atoms with Gasteiger partial charge in [-0.15, -0.1) is 11.3 Å². The van der Waals surface area contributed by atoms with Gasteiger partial charge in [0.25, 0.3) is 0 Å². The Hall–Kier alpha value is -0.580. The summed E-state index contributed by atoms with van der Waals surface area (Å²) < 4.78 is 1.02. The fourth-order valence-electron chi connectivity index (χ4n) is 1.56. The molecule has 1 heterocycles. The Morgan fingerprint density at radius 3 is 3.00 bits per heavy atom. The van der Waals surface area contributed by atoms with E-state index in [-0.39, 0.29) is 0 Å². The summed E-state index contributed by atoms with van der Waals surface area (Å²) in [4.78, 5) is 4.58. The van der Waals surface area contributed by atoms with Gasteiger partial charge in [-0.25, -0.2) is 4.98 Å². The number of hydrogen-bond acceptors (Lipinski definition) is 3. The molecule has 1 aliphatic rings. The second kappa shape index (κ2) is 4.59. The summed E-state index contributed by atoms with van der Waals surface area (Å²) >= 11 is 11.2. The predicted molar refractivity (Wildman–Crippen MR) is 76.9 cm³/mol. The molecule has 0 saturated heterocycles. The lowest BCUT2D eigenvalue weighted by molar-refractivity contribution is 1.14. The SMILES string of the molecule is Clc1ccc(Br)c(-c2csc(NC3CC3)n2)c1. The third-order valence-corrected chi connectivity index (χ3v) is 4.31. The number of halogens is 2. The molecule has 88 valence electrons. The monoisotopic (exact) mass is 328 g/mol. The molecular weight excluding hydrogens is 320 g/mol. The first-order chi connectivity index (χ1) is 8.22. The van der Waals surface area contributed by atoms with Gasteiger partial charge < -0.3 is 5.32 Å². The van der Waals surface area contributed by atoms with Gasteiger partial charge in [-0.1, -0.05) is 27.5 Å². The average Bonchev–Trinajstić information content (AvgIpc) is 2.99. The van der Waals surface area contributed by atoms with Gasteiger partial charge in [0, 0.05) is 26.5 Å². The molecule has 0 radical (unpaired) electrons. The van der Waals surface area contributed by atoms with Crippen LogP contribution in [0.15, 0.2) is 28.1 Å². The van der Waals surface area contributed by atoms with E-state index in [9.17, 15) is 0 Å². The van der Waals surface area contributed by atoms with Gasteiger partial charge in [-0.05, 0) is 31.0 Å². The smallest absolute Gasteiger partial charge is 0.183 e. The van der Waals surface area contributed by atoms with E-state index in [2.05, 4.69) is 31.6 Å². The van der Waals surface area contributed by atoms with Crippen LogP contribution in [0.3, 0.4) is 0 Å². The zero-order chi connectivity index (χ0) is 11.8. The van der Waals surface area contributed by atoms with Crippen molar-refractivity contribution >= 4 is 44.0 Å². The van der Waals surface area contributed by atoms with Gasteiger partial charge in [-0.3, -0.25) is 0 Å². The molecule has 1 aromatic carbocycles. The summed E-state index contributed by atoms with van der Waals surface area (Å²) in [5.41, 5.74) is 2.00. The molecule has 1 aromatic heterocycles. The number of anilines is 1. The van der Waals surface area contributed by atoms with Crippen molar-refractivity contribution in [2.45, 2.75) is 18.9 Å². The molecule has 2 nitrogen and oxygen atoms in total. The summed E-state index contributed by atoms with van der Waals surface area (Å²) in [6.45, 7) is 0. The van der Waals surface area contributed by atoms with Crippen LogP contribution in [0.5, 0.6) is 0 Å². The highest BCUT2D eigenvalue weighted by atomic mass is 79.9. The quantitative estimate of drug-likeness (QED) is 0.875. The highest BCUT2D eigenvalue weighted by molar-refractivity contribution is 9.10. The Bertz CT molecular complexity index is 551. The summed E-state index contributed by atoms with van der Waals surface area (Å²) in [6.07, 6.45) is 2.52. The molecule has 1 fully saturated rings. The van der Waals surface area contributed by atoms with Crippen molar-refractivity contribution in [3.8, 4) is 11.3 Å². The van der Waals surface area contributed by atoms with Crippen molar-refractivity contribution in [2.75, 3.05) is 5.32 Å². The average molecular weight is 330 g/mol. The highest BCUT2D eigenvalue weighted by Gasteiger charge is 2.22. The Morgan fingerprint density at radius 2 is 2.24 bits per heavy atom. The second-order valence-electron chi connectivity index (χ2n) is 4.08. The van der Waals surface area contributed by atoms with Crippen LogP contribution in [-0.2, 0) is 0 Å². The van der Waals surface area contributed by atoms with E-state index in [0.29, 0.717) is 6.04 Å². The Balaban J connectivity index is 1.91. The zero-order valence-electron chi connectivity index (χ0n) is 8.91. The van der Waals surface area contributed by atoms with Crippen molar-refractivity contribution in [3.05, 3.63) is 33.1 Å². The van der Waals surface area contributed by atoms with Gasteiger partial charge >= 0.3 is 0 Å². The number of nitrogens with zero attached hydrogens (tertiary/aromatic N) is 1. The van der Waals surface area contributed by atoms with Crippen LogP contribution >= 0.6 is 38.9 Å². The van der Waals surface area contributed by atoms with Crippen molar-refractivity contribution in [2.24, 2.45) is 0 Å². The molecule has 0 atom stereocenters. The minimum absolute atomic E-state index is 0.636. The molecule has 2 aromatic rings. The zero-order valence-corrected chi connectivity index (χ0v) is 12.1. The number of hydrogen-bond donors (Lipinski definition) is 1. The van der Waals surface area contributed by atoms with Crippen molar-refractivity contribution in [3.63, 3.8) is 0 Å². The molecule has 0 amide bonds. The van der Waals surface area contributed by atoms with Crippen LogP contribution in [0.2, 0.25) is 5.02 Å². The molecule has 0 unspecified atom stereocenters. The molecule has 0 aliphatic heterocycles. The molecule has 1 saturated carbocycles. The van der Waals surface area contributed by atoms with Crippen LogP contribution in [-0.4, -0.2) is 11.0 Å². The van der Waals surface area contributed by atoms with Crippen molar-refractivity contribution in [1.82, 2.24) is 4.98 Å². The van der Waals surface area contributed by atoms with E-state index >= 15 is 0 Å². The summed E-state index contributed by atoms with van der Waals surface area (Å²) in [5, 5.41) is 7.18. The maximum Gasteiger partial charge on any atom is 0.183 e. The number of nitrogens with one attached hydrogen (secondary N) is 1. The number of aromatic nitrogens is 1. The normalized spacial score (nSPS) is 14.9. The summed E-state index contributed by atoms with van der Waals surface area (Å²) in [6, 6.07) is 6.38. The summed E-state index contributed by atoms with van der Waals surface area (Å²) in [7, 11) is 0. The maximum absolute atomic E-state index is 6.01. The highest BCUT2D eigenvalue weighted by Crippen LogP contribution is 2.34. The standard InChI is InChI=1S/C12H10BrClN2S/c13-10-4-1-7(14)5-9(10)11-6-17-12(16-11)15-8-2-3-8/h1,4-6,8H,2-3H2,(H,15,16). The predicted octanol–water partition coefficient (Wildman–Crippen LogP) is 4.80. The Morgan fingerprint density at radius 1 is 1.41 bits per heavy atom. The Kier molecular flexibility index (Phi) is 3.11. The van der Waals surface area contributed by atoms with E-state index in [1.165, 1.54) is 12.8 Å². The fraction of sp³-hybridized carbons (Fsp3) is 0.250. The van der Waals surface area contributed by atoms with Crippen LogP contribution in [0, 0.1) is 0 Å². The van der Waals surface area contributed by atoms with Crippen LogP contribution < -0.4 is 5.32 Å². The molecule has 1 N–H and O–H groups in total. The molecule has 17 heavy (non-hydrogen) atoms. The minimum Gasteiger partial charge on any atom is -0.359 e. The first-order valence-corrected chi connectivity index (χ1v) is 7.45. The fourth-order valence-corrected chi connectivity index (χ4v) is 2.97. The lowest BCUT2D eigenvalue weighted by Gasteiger charge is -2.01. The number of benzene rings is 1. The molecule has 1 aliphatic carbocycles. The van der Waals surface area contributed by atoms with Crippen molar-refractivity contribution in [1.29, 1.82) is 0 Å². The molecular formula is C12H10BrClN2S. The van der Waals surface area contributed by atoms with Crippen LogP contribution in [0.1, 0.15) is 12.8 Å². The number of thiazole rings is 1. The van der Waals surface area contributed by atoms with E-state index in [4.69, 9.17) is 11.6 Å². The molecule has 3 rings (SSSR count). The first kappa shape index (κ1) is 11.5. The number of rotatable bonds is 3. The van der Waals surface area contributed by atoms with E-state index in [1.807, 2.05) is 18.2 Å². The third kappa shape index (κ3) is 2.64. The first-order valence-electron chi connectivity index (χ1n) is 5.40. The van der Waals surface area contributed by atoms with E-state index < -0.39 is 0 Å². The topological polar surface area (TPSA) is 24.9 Å². The van der Waals surface area contributed by atoms with Gasteiger partial charge in [0.2, 0.25) is 0 Å². The van der Waals surface area contributed by atoms with Crippen molar-refractivity contribution < 1.29 is 0 Å². The maximum atomic E-state index is 6.01. The second-order valence-corrected chi connectivity index (χ2v) is 6.23. The van der Waals surface area contributed by atoms with Gasteiger partial charge in [0.05, 0.1) is 5.69 Å². The summed E-state index contributed by atoms with van der Waals surface area (Å²) in [5.74, 6) is 0. The molecule has 0 bridgehead atoms. The van der Waals surface area contributed by atoms with Gasteiger partial charge in [0.1, 0.15) is 0 Å². The van der Waals surface area contributed by atoms with Crippen LogP contribution in [0.25, 0.3) is 11.3 Å². The van der Waals surface area contributed by atoms with Gasteiger partial charge in [0.15, 0.2) is 5.13 Å². The third-order valence-electron chi connectivity index (χ3n) is 2.61. The lowest BCUT2D eigenvalue weighted by Crippen LogP contribution is -1.99. The van der Waals surface area contributed by atoms with Gasteiger partial charge in [-0.2, -0.15) is 0 Å². The van der Waals surface area contributed by atoms with E-state index in [1.54, 1.807) is 11.3 Å².